The van der Waals surface area contributed by atoms with E-state index in [1.165, 1.54) is 186 Å². The Bertz CT molecular complexity index is 1340. The van der Waals surface area contributed by atoms with Crippen molar-refractivity contribution in [2.45, 2.75) is 234 Å². The maximum Gasteiger partial charge on any atom is 0.211 e. The summed E-state index contributed by atoms with van der Waals surface area (Å²) in [7, 11) is 0. The van der Waals surface area contributed by atoms with Crippen LogP contribution in [0.3, 0.4) is 0 Å². The normalized spacial score (nSPS) is 13.3. The van der Waals surface area contributed by atoms with Gasteiger partial charge in [-0.2, -0.15) is 0 Å². The average molecular weight is 737 g/mol. The van der Waals surface area contributed by atoms with Crippen molar-refractivity contribution in [2.75, 3.05) is 0 Å². The molecule has 0 saturated heterocycles. The summed E-state index contributed by atoms with van der Waals surface area (Å²) in [6.07, 6.45) is 37.3. The molecule has 0 bridgehead atoms. The van der Waals surface area contributed by atoms with Gasteiger partial charge in [-0.05, 0) is 124 Å². The monoisotopic (exact) mass is 737 g/mol. The van der Waals surface area contributed by atoms with Gasteiger partial charge in [0.1, 0.15) is 0 Å². The van der Waals surface area contributed by atoms with Gasteiger partial charge in [-0.1, -0.05) is 169 Å². The van der Waals surface area contributed by atoms with Crippen LogP contribution in [0.2, 0.25) is 0 Å². The number of hydrogen-bond donors (Lipinski definition) is 0. The zero-order valence-corrected chi connectivity index (χ0v) is 36.6. The van der Waals surface area contributed by atoms with E-state index in [1.54, 1.807) is 4.70 Å². The summed E-state index contributed by atoms with van der Waals surface area (Å²) >= 11 is 0. The second kappa shape index (κ2) is 28.0. The molecule has 0 radical (unpaired) electrons. The van der Waals surface area contributed by atoms with Crippen LogP contribution in [0.25, 0.3) is 16.9 Å². The third-order valence-corrected chi connectivity index (χ3v) is 11.8. The molecule has 0 atom stereocenters. The predicted molar refractivity (Wildman–Crippen MR) is 239 cm³/mol. The lowest BCUT2D eigenvalue weighted by atomic mass is 9.89. The lowest BCUT2D eigenvalue weighted by Gasteiger charge is -2.15. The van der Waals surface area contributed by atoms with Crippen LogP contribution in [0.15, 0.2) is 47.5 Å². The maximum atomic E-state index is 12.7. The highest BCUT2D eigenvalue weighted by molar-refractivity contribution is 5.82. The van der Waals surface area contributed by atoms with E-state index in [4.69, 9.17) is 0 Å². The van der Waals surface area contributed by atoms with Crippen molar-refractivity contribution < 1.29 is 4.70 Å². The van der Waals surface area contributed by atoms with Crippen molar-refractivity contribution in [1.82, 2.24) is 0 Å². The molecule has 1 aliphatic heterocycles. The molecular weight excluding hydrogens is 653 g/mol. The van der Waals surface area contributed by atoms with Crippen LogP contribution in [0, 0.1) is 0 Å². The van der Waals surface area contributed by atoms with Crippen molar-refractivity contribution in [3.05, 3.63) is 86.5 Å². The van der Waals surface area contributed by atoms with Crippen molar-refractivity contribution in [2.24, 2.45) is 0 Å². The lowest BCUT2D eigenvalue weighted by Crippen LogP contribution is -2.05. The zero-order valence-electron chi connectivity index (χ0n) is 36.6. The van der Waals surface area contributed by atoms with Crippen LogP contribution in [-0.4, -0.2) is 4.70 Å². The number of unbranched alkanes of at least 4 members (excludes halogenated alkanes) is 18. The fourth-order valence-electron chi connectivity index (χ4n) is 8.62. The van der Waals surface area contributed by atoms with Crippen molar-refractivity contribution in [1.29, 1.82) is 0 Å². The van der Waals surface area contributed by atoms with E-state index in [0.29, 0.717) is 0 Å². The van der Waals surface area contributed by atoms with Gasteiger partial charge < -0.3 is 5.53 Å². The fraction of sp³-hybridized carbons (Fsp3) is 0.692. The lowest BCUT2D eigenvalue weighted by molar-refractivity contribution is -0.345. The minimum absolute atomic E-state index is 1.03. The number of rotatable bonds is 32. The summed E-state index contributed by atoms with van der Waals surface area (Å²) in [6, 6.07) is 14.8. The van der Waals surface area contributed by atoms with E-state index in [-0.39, 0.29) is 0 Å². The van der Waals surface area contributed by atoms with Crippen molar-refractivity contribution in [3.63, 3.8) is 0 Å². The Kier molecular flexibility index (Phi) is 23.8. The minimum atomic E-state index is 1.03. The molecule has 1 aliphatic rings. The molecule has 0 N–H and O–H groups in total. The molecule has 54 heavy (non-hydrogen) atoms. The topological polar surface area (TPSA) is 25.3 Å². The molecule has 0 saturated carbocycles. The average Bonchev–Trinajstić information content (AvgIpc) is 3.45. The number of allylic oxidation sites excluding steroid dienone is 2. The summed E-state index contributed by atoms with van der Waals surface area (Å²) in [5.41, 5.74) is 26.0. The zero-order chi connectivity index (χ0) is 38.8. The second-order valence-electron chi connectivity index (χ2n) is 16.9. The molecule has 3 rings (SSSR count). The molecule has 302 valence electrons. The number of aryl methyl sites for hydroxylation is 4. The third kappa shape index (κ3) is 15.9. The first-order chi connectivity index (χ1) is 26.5. The Morgan fingerprint density at radius 2 is 0.574 bits per heavy atom. The Balaban J connectivity index is 2.12. The quantitative estimate of drug-likeness (QED) is 0.0528. The van der Waals surface area contributed by atoms with Crippen molar-refractivity contribution >= 4 is 11.4 Å². The molecule has 0 fully saturated rings. The first-order valence-corrected chi connectivity index (χ1v) is 23.7. The Morgan fingerprint density at radius 1 is 0.315 bits per heavy atom. The van der Waals surface area contributed by atoms with E-state index < -0.39 is 0 Å². The van der Waals surface area contributed by atoms with E-state index in [0.717, 1.165) is 62.8 Å². The molecular formula is C52H84N2. The van der Waals surface area contributed by atoms with Crippen LogP contribution in [0.1, 0.15) is 242 Å². The van der Waals surface area contributed by atoms with Gasteiger partial charge in [-0.15, -0.1) is 0 Å². The summed E-state index contributed by atoms with van der Waals surface area (Å²) in [4.78, 5) is 0. The molecule has 0 spiro atoms. The molecule has 0 amide bonds. The van der Waals surface area contributed by atoms with Crippen LogP contribution >= 0.6 is 0 Å². The summed E-state index contributed by atoms with van der Waals surface area (Å²) in [5, 5.41) is 0. The van der Waals surface area contributed by atoms with Gasteiger partial charge in [0.05, 0.1) is 0 Å². The standard InChI is InChI=1S/C52H84N2/c1-7-13-19-22-24-28-33-45-38-46(34-29-25-23-20-14-8-2)42-48(41-45)52-50(36-30-21-15-9-3)49(35-18-12-6)51(54(52)53)47-39-43(31-26-16-10-4)37-44(40-47)32-27-17-11-5/h37-42H,7-36H2,1-6H3. The van der Waals surface area contributed by atoms with Crippen LogP contribution in [0.5, 0.6) is 0 Å². The molecule has 2 aromatic carbocycles. The number of nitrogens with zero attached hydrogens (tertiary/aromatic N) is 2. The fourth-order valence-corrected chi connectivity index (χ4v) is 8.62. The van der Waals surface area contributed by atoms with Crippen LogP contribution in [-0.2, 0) is 25.7 Å². The van der Waals surface area contributed by atoms with E-state index in [1.807, 2.05) is 0 Å². The smallest absolute Gasteiger partial charge is 0.211 e. The molecule has 2 nitrogen and oxygen atoms in total. The Morgan fingerprint density at radius 3 is 0.944 bits per heavy atom. The third-order valence-electron chi connectivity index (χ3n) is 11.8. The molecule has 0 aliphatic carbocycles. The van der Waals surface area contributed by atoms with Gasteiger partial charge in [0.15, 0.2) is 0 Å². The van der Waals surface area contributed by atoms with E-state index in [2.05, 4.69) is 77.9 Å². The van der Waals surface area contributed by atoms with Gasteiger partial charge in [0, 0.05) is 22.3 Å². The SMILES string of the molecule is CCCCCCCCc1cc(CCCCCCCC)cc(C2=C(CCCCCC)C(CCCC)=C(c3cc(CCCCC)cc(CCCCC)c3)[N+]2=[N-])c1. The van der Waals surface area contributed by atoms with Crippen LogP contribution in [0.4, 0.5) is 0 Å². The summed E-state index contributed by atoms with van der Waals surface area (Å²) in [6.45, 7) is 13.8. The first kappa shape index (κ1) is 45.9. The molecule has 2 heteroatoms. The van der Waals surface area contributed by atoms with E-state index in [9.17, 15) is 5.53 Å². The van der Waals surface area contributed by atoms with Crippen LogP contribution < -0.4 is 0 Å². The maximum absolute atomic E-state index is 12.7. The van der Waals surface area contributed by atoms with Gasteiger partial charge >= 0.3 is 0 Å². The highest BCUT2D eigenvalue weighted by Crippen LogP contribution is 2.45. The molecule has 2 aromatic rings. The second-order valence-corrected chi connectivity index (χ2v) is 16.9. The molecule has 0 unspecified atom stereocenters. The first-order valence-electron chi connectivity index (χ1n) is 23.7. The van der Waals surface area contributed by atoms with Gasteiger partial charge in [0.2, 0.25) is 11.4 Å². The van der Waals surface area contributed by atoms with Crippen molar-refractivity contribution in [3.8, 4) is 0 Å². The van der Waals surface area contributed by atoms with Gasteiger partial charge in [0.25, 0.3) is 0 Å². The highest BCUT2D eigenvalue weighted by atomic mass is 15.2. The Labute approximate surface area is 335 Å². The predicted octanol–water partition coefficient (Wildman–Crippen LogP) is 17.3. The number of benzene rings is 2. The minimum Gasteiger partial charge on any atom is -0.493 e. The van der Waals surface area contributed by atoms with Gasteiger partial charge in [-0.25, -0.2) is 4.70 Å². The summed E-state index contributed by atoms with van der Waals surface area (Å²) in [5.74, 6) is 0. The van der Waals surface area contributed by atoms with Gasteiger partial charge in [-0.3, -0.25) is 0 Å². The Hall–Kier alpha value is -2.48. The largest absolute Gasteiger partial charge is 0.493 e. The highest BCUT2D eigenvalue weighted by Gasteiger charge is 2.35. The molecule has 0 aromatic heterocycles. The number of hydrogen-bond acceptors (Lipinski definition) is 0. The molecule has 1 heterocycles. The summed E-state index contributed by atoms with van der Waals surface area (Å²) < 4.78 is 1.69. The van der Waals surface area contributed by atoms with E-state index >= 15 is 0 Å².